The molecule has 0 radical (unpaired) electrons. The second-order valence-corrected chi connectivity index (χ2v) is 16.0. The molecule has 2 aromatic carbocycles. The van der Waals surface area contributed by atoms with Gasteiger partial charge in [0.1, 0.15) is 30.6 Å². The van der Waals surface area contributed by atoms with E-state index in [1.165, 1.54) is 6.92 Å². The molecule has 4 rings (SSSR count). The van der Waals surface area contributed by atoms with Crippen molar-refractivity contribution in [2.24, 2.45) is 10.8 Å². The molecule has 2 heterocycles. The van der Waals surface area contributed by atoms with E-state index in [-0.39, 0.29) is 31.3 Å². The summed E-state index contributed by atoms with van der Waals surface area (Å²) in [6.45, 7) is 16.4. The molecule has 0 fully saturated rings. The van der Waals surface area contributed by atoms with E-state index in [2.05, 4.69) is 48.0 Å². The van der Waals surface area contributed by atoms with E-state index in [0.717, 1.165) is 27.9 Å². The number of aliphatic hydroxyl groups is 2. The lowest BCUT2D eigenvalue weighted by atomic mass is 9.85. The summed E-state index contributed by atoms with van der Waals surface area (Å²) >= 11 is 0. The molecule has 0 saturated carbocycles. The number of H-pyrrole nitrogens is 2. The van der Waals surface area contributed by atoms with Crippen molar-refractivity contribution in [2.75, 3.05) is 39.8 Å². The number of imidazole rings is 2. The summed E-state index contributed by atoms with van der Waals surface area (Å²) in [6, 6.07) is 15.3. The number of aromatic amines is 2. The highest BCUT2D eigenvalue weighted by atomic mass is 19.1. The number of aromatic nitrogens is 4. The third-order valence-electron chi connectivity index (χ3n) is 9.48. The van der Waals surface area contributed by atoms with Crippen molar-refractivity contribution in [3.05, 3.63) is 84.8 Å². The number of halogens is 2. The number of nitrogens with one attached hydrogen (secondary N) is 4. The molecular weight excluding hydrogens is 694 g/mol. The molecule has 6 N–H and O–H groups in total. The fourth-order valence-electron chi connectivity index (χ4n) is 5.87. The molecule has 0 bridgehead atoms. The van der Waals surface area contributed by atoms with Crippen LogP contribution in [0.2, 0.25) is 0 Å². The van der Waals surface area contributed by atoms with Crippen LogP contribution in [0.15, 0.2) is 73.2 Å². The minimum atomic E-state index is -1.60. The van der Waals surface area contributed by atoms with Crippen LogP contribution in [0.1, 0.15) is 79.1 Å². The van der Waals surface area contributed by atoms with E-state index in [1.807, 2.05) is 75.5 Å². The minimum Gasteiger partial charge on any atom is -0.393 e. The van der Waals surface area contributed by atoms with Gasteiger partial charge >= 0.3 is 0 Å². The number of amides is 1. The van der Waals surface area contributed by atoms with Crippen LogP contribution in [0.5, 0.6) is 0 Å². The summed E-state index contributed by atoms with van der Waals surface area (Å²) in [7, 11) is 0. The number of alkyl halides is 2. The molecule has 4 atom stereocenters. The second kappa shape index (κ2) is 17.4. The molecule has 294 valence electrons. The predicted octanol–water partition coefficient (Wildman–Crippen LogP) is 7.00. The number of benzene rings is 2. The van der Waals surface area contributed by atoms with E-state index in [9.17, 15) is 23.8 Å². The molecule has 54 heavy (non-hydrogen) atoms. The second-order valence-electron chi connectivity index (χ2n) is 16.0. The van der Waals surface area contributed by atoms with Crippen molar-refractivity contribution in [2.45, 2.75) is 78.7 Å². The number of aliphatic hydroxyl groups excluding tert-OH is 2. The van der Waals surface area contributed by atoms with E-state index in [4.69, 9.17) is 19.4 Å². The van der Waals surface area contributed by atoms with Gasteiger partial charge in [0.15, 0.2) is 5.60 Å². The van der Waals surface area contributed by atoms with Gasteiger partial charge < -0.3 is 40.3 Å². The van der Waals surface area contributed by atoms with Crippen LogP contribution in [-0.4, -0.2) is 87.0 Å². The zero-order valence-electron chi connectivity index (χ0n) is 32.6. The Morgan fingerprint density at radius 1 is 0.685 bits per heavy atom. The first-order valence-electron chi connectivity index (χ1n) is 18.1. The maximum absolute atomic E-state index is 13.2. The Morgan fingerprint density at radius 3 is 1.43 bits per heavy atom. The monoisotopic (exact) mass is 750 g/mol. The van der Waals surface area contributed by atoms with Crippen molar-refractivity contribution in [3.63, 3.8) is 0 Å². The number of rotatable bonds is 18. The normalized spacial score (nSPS) is 15.6. The van der Waals surface area contributed by atoms with Gasteiger partial charge in [0, 0.05) is 29.2 Å². The fraction of sp³-hybridized carbons (Fsp3) is 0.488. The maximum atomic E-state index is 13.2. The minimum absolute atomic E-state index is 0.150. The lowest BCUT2D eigenvalue weighted by Gasteiger charge is -2.37. The molecule has 2 aromatic heterocycles. The van der Waals surface area contributed by atoms with Crippen molar-refractivity contribution in [1.29, 1.82) is 0 Å². The summed E-state index contributed by atoms with van der Waals surface area (Å²) in [4.78, 5) is 29.4. The molecule has 0 aliphatic heterocycles. The van der Waals surface area contributed by atoms with Gasteiger partial charge in [0.25, 0.3) is 5.91 Å². The Balaban J connectivity index is 1.48. The van der Waals surface area contributed by atoms with E-state index in [0.29, 0.717) is 23.0 Å². The Bertz CT molecular complexity index is 1700. The van der Waals surface area contributed by atoms with Crippen LogP contribution in [0.3, 0.4) is 0 Å². The highest BCUT2D eigenvalue weighted by Gasteiger charge is 2.39. The van der Waals surface area contributed by atoms with E-state index >= 15 is 0 Å². The van der Waals surface area contributed by atoms with Crippen molar-refractivity contribution in [1.82, 2.24) is 30.6 Å². The predicted molar refractivity (Wildman–Crippen MR) is 207 cm³/mol. The number of nitrogens with zero attached hydrogens (tertiary/aromatic N) is 2. The van der Waals surface area contributed by atoms with Crippen LogP contribution in [-0.2, 0) is 14.3 Å². The van der Waals surface area contributed by atoms with E-state index in [1.54, 1.807) is 13.1 Å². The smallest absolute Gasteiger partial charge is 0.254 e. The molecule has 0 aliphatic rings. The zero-order chi connectivity index (χ0) is 39.9. The summed E-state index contributed by atoms with van der Waals surface area (Å²) in [5.74, 6) is 0.670. The van der Waals surface area contributed by atoms with Gasteiger partial charge in [0.2, 0.25) is 0 Å². The largest absolute Gasteiger partial charge is 0.393 e. The lowest BCUT2D eigenvalue weighted by molar-refractivity contribution is -0.152. The topological polar surface area (TPSA) is 157 Å². The molecule has 1 amide bonds. The Kier molecular flexibility index (Phi) is 13.6. The molecular formula is C41H56F2N6O5. The summed E-state index contributed by atoms with van der Waals surface area (Å²) in [5, 5.41) is 26.2. The van der Waals surface area contributed by atoms with Crippen LogP contribution in [0.4, 0.5) is 8.78 Å². The van der Waals surface area contributed by atoms with Gasteiger partial charge in [-0.1, -0.05) is 96.7 Å². The lowest BCUT2D eigenvalue weighted by Crippen LogP contribution is -2.52. The number of hydrogen-bond acceptors (Lipinski definition) is 8. The first-order valence-corrected chi connectivity index (χ1v) is 18.1. The van der Waals surface area contributed by atoms with Crippen LogP contribution in [0.25, 0.3) is 33.6 Å². The van der Waals surface area contributed by atoms with Crippen LogP contribution in [0, 0.1) is 10.8 Å². The molecule has 4 aromatic rings. The highest BCUT2D eigenvalue weighted by molar-refractivity contribution is 5.85. The van der Waals surface area contributed by atoms with Gasteiger partial charge in [-0.05, 0) is 35.8 Å². The highest BCUT2D eigenvalue weighted by Crippen LogP contribution is 2.36. The standard InChI is InChI=1S/C41H56F2N6O5/c1-26(40(8,24-50)53-20-18-42)46-33(38(2,3)4)35-44-22-31(47-35)29-14-10-27(11-15-29)28-12-16-30(17-13-28)32-23-45-36(48-32)34(39(5,6)7)49-37(52)41(9,25-51)54-21-19-43/h10-17,22-23,33-34,46,50-51H,1,18-21,24-25H2,2-9H3,(H,44,47)(H,45,48)(H,49,52)/t33-,34-,40?,41?/m1/s1. The fourth-order valence-corrected chi connectivity index (χ4v) is 5.87. The summed E-state index contributed by atoms with van der Waals surface area (Å²) < 4.78 is 36.6. The molecule has 11 nitrogen and oxygen atoms in total. The Morgan fingerprint density at radius 2 is 1.06 bits per heavy atom. The zero-order valence-corrected chi connectivity index (χ0v) is 32.6. The third-order valence-corrected chi connectivity index (χ3v) is 9.48. The number of carbonyl (C=O) groups excluding carboxylic acids is 1. The van der Waals surface area contributed by atoms with Crippen LogP contribution >= 0.6 is 0 Å². The van der Waals surface area contributed by atoms with Crippen molar-refractivity contribution >= 4 is 5.91 Å². The molecule has 0 saturated heterocycles. The molecule has 0 spiro atoms. The Hall–Kier alpha value is -4.43. The maximum Gasteiger partial charge on any atom is 0.254 e. The van der Waals surface area contributed by atoms with Gasteiger partial charge in [0.05, 0.1) is 49.9 Å². The third kappa shape index (κ3) is 10.0. The average Bonchev–Trinajstić information content (AvgIpc) is 3.84. The quantitative estimate of drug-likeness (QED) is 0.0635. The Labute approximate surface area is 317 Å². The van der Waals surface area contributed by atoms with Crippen molar-refractivity contribution < 1.29 is 33.3 Å². The first-order chi connectivity index (χ1) is 25.4. The number of hydrogen-bond donors (Lipinski definition) is 6. The van der Waals surface area contributed by atoms with E-state index < -0.39 is 48.5 Å². The van der Waals surface area contributed by atoms with Gasteiger partial charge in [-0.15, -0.1) is 0 Å². The van der Waals surface area contributed by atoms with Gasteiger partial charge in [-0.3, -0.25) is 4.79 Å². The first kappa shape index (κ1) is 42.3. The van der Waals surface area contributed by atoms with Crippen LogP contribution < -0.4 is 10.6 Å². The molecule has 13 heteroatoms. The molecule has 2 unspecified atom stereocenters. The SMILES string of the molecule is C=C(N[C@H](c1nc(-c2ccc(-c3ccc(-c4c[nH]c([C@@H](NC(=O)C(C)(CO)OCCF)C(C)(C)C)n4)cc3)cc2)c[nH]1)C(C)(C)C)C(C)(CO)OCCF. The summed E-state index contributed by atoms with van der Waals surface area (Å²) in [5.41, 5.74) is 2.21. The van der Waals surface area contributed by atoms with Gasteiger partial charge in [-0.25, -0.2) is 18.7 Å². The number of carbonyl (C=O) groups is 1. The summed E-state index contributed by atoms with van der Waals surface area (Å²) in [6.07, 6.45) is 3.64. The average molecular weight is 751 g/mol. The molecule has 0 aliphatic carbocycles. The van der Waals surface area contributed by atoms with Gasteiger partial charge in [-0.2, -0.15) is 0 Å². The van der Waals surface area contributed by atoms with Crippen molar-refractivity contribution in [3.8, 4) is 33.6 Å². The number of ether oxygens (including phenoxy) is 2.